The lowest BCUT2D eigenvalue weighted by Gasteiger charge is -2.30. The minimum Gasteiger partial charge on any atom is -0.346 e. The summed E-state index contributed by atoms with van der Waals surface area (Å²) in [6.45, 7) is 2.48. The lowest BCUT2D eigenvalue weighted by molar-refractivity contribution is -0.130. The van der Waals surface area contributed by atoms with Crippen LogP contribution in [0.1, 0.15) is 87.6 Å². The monoisotopic (exact) mass is 858 g/mol. The summed E-state index contributed by atoms with van der Waals surface area (Å²) < 4.78 is 25.2. The molecule has 1 saturated carbocycles. The van der Waals surface area contributed by atoms with Gasteiger partial charge in [0, 0.05) is 6.26 Å². The molecular formula is C44H58N8O8S. The van der Waals surface area contributed by atoms with Crippen molar-refractivity contribution < 1.29 is 37.2 Å². The van der Waals surface area contributed by atoms with Gasteiger partial charge in [0.15, 0.2) is 5.78 Å². The van der Waals surface area contributed by atoms with Gasteiger partial charge in [-0.05, 0) is 55.8 Å². The molecule has 328 valence electrons. The van der Waals surface area contributed by atoms with E-state index in [4.69, 9.17) is 0 Å². The van der Waals surface area contributed by atoms with Crippen LogP contribution in [0.2, 0.25) is 0 Å². The molecule has 3 aromatic carbocycles. The van der Waals surface area contributed by atoms with Crippen molar-refractivity contribution >= 4 is 51.0 Å². The molecule has 4 rings (SSSR count). The number of carbonyl (C=O) groups is 6. The number of urea groups is 1. The van der Waals surface area contributed by atoms with Crippen LogP contribution in [0.3, 0.4) is 0 Å². The Morgan fingerprint density at radius 2 is 1.26 bits per heavy atom. The predicted molar refractivity (Wildman–Crippen MR) is 233 cm³/mol. The number of carbonyl (C=O) groups excluding carboxylic acids is 6. The average molecular weight is 859 g/mol. The smallest absolute Gasteiger partial charge is 0.335 e. The van der Waals surface area contributed by atoms with E-state index in [9.17, 15) is 37.2 Å². The molecular weight excluding hydrogens is 801 g/mol. The molecule has 0 saturated heterocycles. The molecule has 0 radical (unpaired) electrons. The maximum absolute atomic E-state index is 14.0. The van der Waals surface area contributed by atoms with Crippen molar-refractivity contribution in [3.63, 3.8) is 0 Å². The first-order valence-corrected chi connectivity index (χ1v) is 22.6. The summed E-state index contributed by atoms with van der Waals surface area (Å²) in [5, 5.41) is 20.5. The van der Waals surface area contributed by atoms with E-state index in [1.807, 2.05) is 60.7 Å². The minimum absolute atomic E-state index is 0.00724. The zero-order valence-electron chi connectivity index (χ0n) is 35.1. The number of amides is 6. The lowest BCUT2D eigenvalue weighted by atomic mass is 9.83. The molecule has 7 N–H and O–H groups in total. The molecule has 0 aliphatic heterocycles. The highest BCUT2D eigenvalue weighted by Crippen LogP contribution is 2.27. The van der Waals surface area contributed by atoms with Crippen molar-refractivity contribution in [2.75, 3.05) is 25.6 Å². The quantitative estimate of drug-likeness (QED) is 0.0616. The number of hydrogen-bond acceptors (Lipinski definition) is 10. The molecule has 0 spiro atoms. The molecule has 16 nitrogen and oxygen atoms in total. The number of hydrazone groups is 1. The average Bonchev–Trinajstić information content (AvgIpc) is 3.24. The summed E-state index contributed by atoms with van der Waals surface area (Å²) in [5.74, 6) is -4.18. The highest BCUT2D eigenvalue weighted by atomic mass is 32.2. The Balaban J connectivity index is 1.62. The van der Waals surface area contributed by atoms with Crippen LogP contribution in [0, 0.1) is 5.92 Å². The van der Waals surface area contributed by atoms with Gasteiger partial charge in [0.1, 0.15) is 27.6 Å². The van der Waals surface area contributed by atoms with E-state index in [-0.39, 0.29) is 18.1 Å². The number of rotatable bonds is 21. The maximum atomic E-state index is 14.0. The minimum atomic E-state index is -3.83. The first-order chi connectivity index (χ1) is 29.2. The van der Waals surface area contributed by atoms with Gasteiger partial charge in [0.25, 0.3) is 5.91 Å². The number of nitrogens with zero attached hydrogens (tertiary/aromatic N) is 1. The Kier molecular flexibility index (Phi) is 18.6. The summed E-state index contributed by atoms with van der Waals surface area (Å²) in [7, 11) is -2.19. The molecule has 4 atom stereocenters. The van der Waals surface area contributed by atoms with Gasteiger partial charge in [0.2, 0.25) is 17.7 Å². The van der Waals surface area contributed by atoms with Crippen molar-refractivity contribution in [1.82, 2.24) is 37.3 Å². The Morgan fingerprint density at radius 3 is 1.77 bits per heavy atom. The zero-order chi connectivity index (χ0) is 44.4. The lowest BCUT2D eigenvalue weighted by Crippen LogP contribution is -2.59. The second-order valence-electron chi connectivity index (χ2n) is 15.2. The summed E-state index contributed by atoms with van der Waals surface area (Å²) in [5.41, 5.74) is 4.01. The molecule has 61 heavy (non-hydrogen) atoms. The van der Waals surface area contributed by atoms with E-state index in [1.165, 1.54) is 6.92 Å². The van der Waals surface area contributed by atoms with Crippen molar-refractivity contribution in [3.05, 3.63) is 108 Å². The number of hydrogen-bond donors (Lipinski definition) is 7. The molecule has 6 amide bonds. The number of nitrogens with one attached hydrogen (secondary N) is 7. The highest BCUT2D eigenvalue weighted by Gasteiger charge is 2.35. The molecule has 17 heteroatoms. The van der Waals surface area contributed by atoms with Gasteiger partial charge in [-0.2, -0.15) is 5.10 Å². The fraction of sp³-hybridized carbons (Fsp3) is 0.432. The SMILES string of the molecule is CCCC(NC(=O)C(CS(C)(=O)=O)NC(=O)C(NC)C1CCCCC1)/C(=N\NC(=O)NC(c1ccccc1)c1ccccc1)C(=O)NCC(=O)NC(C(C)=O)c1ccccc1. The molecule has 1 aliphatic rings. The molecule has 0 aromatic heterocycles. The second-order valence-corrected chi connectivity index (χ2v) is 17.4. The Hall–Kier alpha value is -5.94. The second kappa shape index (κ2) is 23.7. The maximum Gasteiger partial charge on any atom is 0.335 e. The van der Waals surface area contributed by atoms with Gasteiger partial charge >= 0.3 is 6.03 Å². The fourth-order valence-corrected chi connectivity index (χ4v) is 8.21. The van der Waals surface area contributed by atoms with Gasteiger partial charge in [0.05, 0.1) is 30.4 Å². The third kappa shape index (κ3) is 15.2. The van der Waals surface area contributed by atoms with Crippen LogP contribution in [0.4, 0.5) is 4.79 Å². The fourth-order valence-electron chi connectivity index (χ4n) is 7.37. The summed E-state index contributed by atoms with van der Waals surface area (Å²) >= 11 is 0. The molecule has 0 heterocycles. The van der Waals surface area contributed by atoms with E-state index in [0.29, 0.717) is 12.0 Å². The Labute approximate surface area is 357 Å². The molecule has 1 fully saturated rings. The number of benzene rings is 3. The van der Waals surface area contributed by atoms with Crippen molar-refractivity contribution in [1.29, 1.82) is 0 Å². The van der Waals surface area contributed by atoms with Crippen molar-refractivity contribution in [2.24, 2.45) is 11.0 Å². The van der Waals surface area contributed by atoms with Crippen LogP contribution in [-0.4, -0.2) is 93.3 Å². The van der Waals surface area contributed by atoms with Crippen molar-refractivity contribution in [2.45, 2.75) is 89.0 Å². The third-order valence-corrected chi connectivity index (χ3v) is 11.3. The van der Waals surface area contributed by atoms with Gasteiger partial charge in [-0.3, -0.25) is 24.0 Å². The number of ketones is 1. The zero-order valence-corrected chi connectivity index (χ0v) is 35.9. The van der Waals surface area contributed by atoms with E-state index in [2.05, 4.69) is 42.4 Å². The van der Waals surface area contributed by atoms with E-state index in [0.717, 1.165) is 49.5 Å². The van der Waals surface area contributed by atoms with Gasteiger partial charge in [-0.1, -0.05) is 124 Å². The highest BCUT2D eigenvalue weighted by molar-refractivity contribution is 7.90. The standard InChI is InChI=1S/C44H58N8O8S/c1-5-18-34(47-41(55)35(28-61(4,59)60)48-43(57)39(45-3)33-25-16-9-17-26-33)40(42(56)46-27-36(54)49-37(29(2)53)30-19-10-6-11-20-30)51-52-44(58)50-38(31-21-12-7-13-22-31)32-23-14-8-15-24-32/h6-8,10-15,19-24,33-35,37-39,45H,5,9,16-18,25-28H2,1-4H3,(H,46,56)(H,47,55)(H,48,57)(H,49,54)(H2,50,52,58)/b51-40+. The number of likely N-dealkylation sites (N-methyl/N-ethyl adjacent to an activating group) is 1. The summed E-state index contributed by atoms with van der Waals surface area (Å²) in [6.07, 6.45) is 5.94. The van der Waals surface area contributed by atoms with Crippen LogP contribution >= 0.6 is 0 Å². The number of Topliss-reactive ketones (excluding diaryl/α,β-unsaturated/α-hetero) is 1. The van der Waals surface area contributed by atoms with E-state index >= 15 is 0 Å². The normalized spacial score (nSPS) is 15.3. The van der Waals surface area contributed by atoms with Crippen LogP contribution in [0.15, 0.2) is 96.1 Å². The first kappa shape index (κ1) is 47.7. The summed E-state index contributed by atoms with van der Waals surface area (Å²) in [6, 6.07) is 21.0. The van der Waals surface area contributed by atoms with Crippen LogP contribution < -0.4 is 37.3 Å². The van der Waals surface area contributed by atoms with Crippen LogP contribution in [0.25, 0.3) is 0 Å². The van der Waals surface area contributed by atoms with E-state index < -0.39 is 87.7 Å². The molecule has 4 unspecified atom stereocenters. The van der Waals surface area contributed by atoms with Gasteiger partial charge in [-0.15, -0.1) is 0 Å². The Bertz CT molecular complexity index is 2040. The van der Waals surface area contributed by atoms with Crippen LogP contribution in [0.5, 0.6) is 0 Å². The van der Waals surface area contributed by atoms with Crippen LogP contribution in [-0.2, 0) is 33.8 Å². The van der Waals surface area contributed by atoms with Gasteiger partial charge in [-0.25, -0.2) is 18.6 Å². The largest absolute Gasteiger partial charge is 0.346 e. The predicted octanol–water partition coefficient (Wildman–Crippen LogP) is 2.98. The topological polar surface area (TPSA) is 233 Å². The molecule has 1 aliphatic carbocycles. The molecule has 3 aromatic rings. The van der Waals surface area contributed by atoms with E-state index in [1.54, 1.807) is 44.3 Å². The number of sulfone groups is 1. The van der Waals surface area contributed by atoms with Gasteiger partial charge < -0.3 is 31.9 Å². The molecule has 0 bridgehead atoms. The Morgan fingerprint density at radius 1 is 0.721 bits per heavy atom. The van der Waals surface area contributed by atoms with Crippen molar-refractivity contribution in [3.8, 4) is 0 Å². The third-order valence-electron chi connectivity index (χ3n) is 10.3. The first-order valence-electron chi connectivity index (χ1n) is 20.5. The summed E-state index contributed by atoms with van der Waals surface area (Å²) in [4.78, 5) is 80.8.